The molecule has 2 fully saturated rings. The van der Waals surface area contributed by atoms with Crippen LogP contribution in [0, 0.1) is 6.92 Å². The van der Waals surface area contributed by atoms with Crippen molar-refractivity contribution in [2.75, 3.05) is 6.54 Å². The first-order valence-electron chi connectivity index (χ1n) is 7.02. The Morgan fingerprint density at radius 2 is 2.06 bits per heavy atom. The summed E-state index contributed by atoms with van der Waals surface area (Å²) < 4.78 is 5.84. The van der Waals surface area contributed by atoms with Crippen molar-refractivity contribution in [2.24, 2.45) is 0 Å². The molecule has 0 bridgehead atoms. The van der Waals surface area contributed by atoms with Gasteiger partial charge in [-0.25, -0.2) is 4.98 Å². The fraction of sp³-hybridized carbons (Fsp3) is 0.786. The molecule has 0 radical (unpaired) electrons. The van der Waals surface area contributed by atoms with Gasteiger partial charge >= 0.3 is 0 Å². The van der Waals surface area contributed by atoms with Crippen LogP contribution in [0.1, 0.15) is 61.8 Å². The second-order valence-electron chi connectivity index (χ2n) is 5.53. The Balaban J connectivity index is 1.70. The van der Waals surface area contributed by atoms with E-state index in [1.54, 1.807) is 0 Å². The van der Waals surface area contributed by atoms with E-state index in [4.69, 9.17) is 9.40 Å². The Bertz CT molecular complexity index is 374. The van der Waals surface area contributed by atoms with Gasteiger partial charge in [0, 0.05) is 18.4 Å². The van der Waals surface area contributed by atoms with Crippen LogP contribution in [0.3, 0.4) is 0 Å². The predicted molar refractivity (Wildman–Crippen MR) is 67.2 cm³/mol. The number of nitrogens with zero attached hydrogens (tertiary/aromatic N) is 1. The van der Waals surface area contributed by atoms with Crippen molar-refractivity contribution in [3.8, 4) is 0 Å². The number of rotatable bonds is 3. The lowest BCUT2D eigenvalue weighted by Crippen LogP contribution is -2.23. The van der Waals surface area contributed by atoms with Crippen LogP contribution in [0.25, 0.3) is 0 Å². The van der Waals surface area contributed by atoms with Crippen molar-refractivity contribution in [3.05, 3.63) is 17.3 Å². The zero-order valence-electron chi connectivity index (χ0n) is 10.7. The number of hydrogen-bond acceptors (Lipinski definition) is 3. The molecule has 2 heterocycles. The average Bonchev–Trinajstić information content (AvgIpc) is 3.00. The van der Waals surface area contributed by atoms with Gasteiger partial charge in [-0.15, -0.1) is 0 Å². The van der Waals surface area contributed by atoms with Gasteiger partial charge in [-0.1, -0.05) is 12.8 Å². The Kier molecular flexibility index (Phi) is 3.19. The van der Waals surface area contributed by atoms with Crippen molar-refractivity contribution < 1.29 is 4.42 Å². The molecule has 1 unspecified atom stereocenters. The summed E-state index contributed by atoms with van der Waals surface area (Å²) in [6.07, 6.45) is 8.84. The Morgan fingerprint density at radius 1 is 1.24 bits per heavy atom. The molecule has 0 amide bonds. The van der Waals surface area contributed by atoms with Crippen LogP contribution in [-0.2, 0) is 6.42 Å². The fourth-order valence-corrected chi connectivity index (χ4v) is 3.27. The molecule has 1 saturated carbocycles. The van der Waals surface area contributed by atoms with Crippen LogP contribution < -0.4 is 5.32 Å². The van der Waals surface area contributed by atoms with Crippen LogP contribution in [-0.4, -0.2) is 17.6 Å². The Labute approximate surface area is 103 Å². The summed E-state index contributed by atoms with van der Waals surface area (Å²) in [6.45, 7) is 3.23. The highest BCUT2D eigenvalue weighted by Crippen LogP contribution is 2.35. The van der Waals surface area contributed by atoms with Crippen molar-refractivity contribution in [3.63, 3.8) is 0 Å². The van der Waals surface area contributed by atoms with Gasteiger partial charge in [0.1, 0.15) is 5.76 Å². The molecule has 1 aliphatic heterocycles. The molecular weight excluding hydrogens is 212 g/mol. The molecule has 1 saturated heterocycles. The first kappa shape index (κ1) is 11.3. The van der Waals surface area contributed by atoms with Gasteiger partial charge in [-0.2, -0.15) is 0 Å². The SMILES string of the molecule is Cc1oc(CC2CCCN2)nc1C1CCCC1. The van der Waals surface area contributed by atoms with Crippen LogP contribution in [0.4, 0.5) is 0 Å². The first-order valence-corrected chi connectivity index (χ1v) is 7.02. The molecule has 1 N–H and O–H groups in total. The van der Waals surface area contributed by atoms with Gasteiger partial charge < -0.3 is 9.73 Å². The second kappa shape index (κ2) is 4.81. The summed E-state index contributed by atoms with van der Waals surface area (Å²) in [4.78, 5) is 4.75. The number of oxazole rings is 1. The van der Waals surface area contributed by atoms with E-state index in [2.05, 4.69) is 12.2 Å². The summed E-state index contributed by atoms with van der Waals surface area (Å²) in [7, 11) is 0. The van der Waals surface area contributed by atoms with Crippen LogP contribution >= 0.6 is 0 Å². The predicted octanol–water partition coefficient (Wildman–Crippen LogP) is 2.94. The molecule has 0 aromatic carbocycles. The number of nitrogens with one attached hydrogen (secondary N) is 1. The Hall–Kier alpha value is -0.830. The second-order valence-corrected chi connectivity index (χ2v) is 5.53. The Morgan fingerprint density at radius 3 is 2.76 bits per heavy atom. The molecule has 3 heteroatoms. The maximum absolute atomic E-state index is 5.84. The standard InChI is InChI=1S/C14H22N2O/c1-10-14(11-5-2-3-6-11)16-13(17-10)9-12-7-4-8-15-12/h11-12,15H,2-9H2,1H3. The van der Waals surface area contributed by atoms with Gasteiger partial charge in [-0.05, 0) is 39.2 Å². The third-order valence-corrected chi connectivity index (χ3v) is 4.20. The summed E-state index contributed by atoms with van der Waals surface area (Å²) in [5, 5.41) is 3.50. The van der Waals surface area contributed by atoms with Crippen molar-refractivity contribution in [1.82, 2.24) is 10.3 Å². The third-order valence-electron chi connectivity index (χ3n) is 4.20. The van der Waals surface area contributed by atoms with Gasteiger partial charge in [0.2, 0.25) is 0 Å². The quantitative estimate of drug-likeness (QED) is 0.873. The number of hydrogen-bond donors (Lipinski definition) is 1. The molecule has 1 aromatic heterocycles. The van der Waals surface area contributed by atoms with Gasteiger partial charge in [0.25, 0.3) is 0 Å². The lowest BCUT2D eigenvalue weighted by molar-refractivity contribution is 0.438. The molecule has 1 atom stereocenters. The van der Waals surface area contributed by atoms with E-state index >= 15 is 0 Å². The molecule has 1 aliphatic carbocycles. The van der Waals surface area contributed by atoms with Crippen LogP contribution in [0.15, 0.2) is 4.42 Å². The molecule has 0 spiro atoms. The van der Waals surface area contributed by atoms with Crippen molar-refractivity contribution in [1.29, 1.82) is 0 Å². The topological polar surface area (TPSA) is 38.1 Å². The summed E-state index contributed by atoms with van der Waals surface area (Å²) in [5.74, 6) is 2.68. The zero-order chi connectivity index (χ0) is 11.7. The lowest BCUT2D eigenvalue weighted by Gasteiger charge is -2.06. The minimum Gasteiger partial charge on any atom is -0.446 e. The van der Waals surface area contributed by atoms with Gasteiger partial charge in [0.05, 0.1) is 5.69 Å². The largest absolute Gasteiger partial charge is 0.446 e. The summed E-state index contributed by atoms with van der Waals surface area (Å²) in [6, 6.07) is 0.587. The fourth-order valence-electron chi connectivity index (χ4n) is 3.27. The van der Waals surface area contributed by atoms with Crippen LogP contribution in [0.2, 0.25) is 0 Å². The summed E-state index contributed by atoms with van der Waals surface area (Å²) >= 11 is 0. The van der Waals surface area contributed by atoms with E-state index in [1.165, 1.54) is 44.2 Å². The summed E-state index contributed by atoms with van der Waals surface area (Å²) in [5.41, 5.74) is 1.25. The molecule has 3 nitrogen and oxygen atoms in total. The average molecular weight is 234 g/mol. The maximum Gasteiger partial charge on any atom is 0.196 e. The van der Waals surface area contributed by atoms with E-state index < -0.39 is 0 Å². The van der Waals surface area contributed by atoms with E-state index in [9.17, 15) is 0 Å². The monoisotopic (exact) mass is 234 g/mol. The van der Waals surface area contributed by atoms with Gasteiger partial charge in [-0.3, -0.25) is 0 Å². The van der Waals surface area contributed by atoms with Crippen molar-refractivity contribution >= 4 is 0 Å². The van der Waals surface area contributed by atoms with E-state index in [-0.39, 0.29) is 0 Å². The van der Waals surface area contributed by atoms with E-state index in [0.29, 0.717) is 12.0 Å². The van der Waals surface area contributed by atoms with Gasteiger partial charge in [0.15, 0.2) is 5.89 Å². The molecule has 1 aromatic rings. The third kappa shape index (κ3) is 2.39. The van der Waals surface area contributed by atoms with E-state index in [1.807, 2.05) is 0 Å². The number of aromatic nitrogens is 1. The highest BCUT2D eigenvalue weighted by molar-refractivity contribution is 5.15. The molecular formula is C14H22N2O. The highest BCUT2D eigenvalue weighted by atomic mass is 16.4. The molecule has 94 valence electrons. The lowest BCUT2D eigenvalue weighted by atomic mass is 10.0. The zero-order valence-corrected chi connectivity index (χ0v) is 10.7. The smallest absolute Gasteiger partial charge is 0.196 e. The highest BCUT2D eigenvalue weighted by Gasteiger charge is 2.24. The van der Waals surface area contributed by atoms with Crippen molar-refractivity contribution in [2.45, 2.75) is 63.8 Å². The molecule has 17 heavy (non-hydrogen) atoms. The molecule has 2 aliphatic rings. The van der Waals surface area contributed by atoms with Crippen LogP contribution in [0.5, 0.6) is 0 Å². The maximum atomic E-state index is 5.84. The first-order chi connectivity index (χ1) is 8.33. The normalized spacial score (nSPS) is 25.8. The van der Waals surface area contributed by atoms with E-state index in [0.717, 1.165) is 24.6 Å². The minimum absolute atomic E-state index is 0.587. The molecule has 3 rings (SSSR count). The number of aryl methyl sites for hydroxylation is 1. The minimum atomic E-state index is 0.587.